The Morgan fingerprint density at radius 1 is 0.525 bits per heavy atom. The number of esters is 2. The zero-order valence-corrected chi connectivity index (χ0v) is 73.8. The molecule has 16 aliphatic carbocycles. The molecule has 12 fully saturated rings. The van der Waals surface area contributed by atoms with Crippen LogP contribution in [-0.4, -0.2) is 177 Å². The highest BCUT2D eigenvalue weighted by Gasteiger charge is 2.79. The molecule has 30 atom stereocenters. The summed E-state index contributed by atoms with van der Waals surface area (Å²) in [5.74, 6) is -3.20. The molecule has 0 aromatic carbocycles. The SMILES string of the molecule is C=C(CO)[C@@]1(O)[C@@H](C)C[C@H]2[C@@H]3CCC4=CC(=O)C=C[C@]4(C)[C@@]3(F)[C@H](O)C[C@@]21C.C=C(CO)[C@@]1(O)[C@H](C)C[C@H]2[C@@H]3CCC4=CC(=O)C=C[C@]4(C)[C@@]3(F)[C@H](O)C[C@@]21C.CCC(=O)[C@]1(OC(=O)c2ccco2)CC[C@H]2[C@@H]3CCC4=CC(=O)C=C[C@]4(C)[C@]3(Cl)C(O)C[C@@]21C.CCOC(=O)O[C@@]1(C(=O)OCC)CC[C@H]2[C@@H]3CCC4=CC(=O)C=C[C@]4(C)[C@@H]3C(O)C[C@@]21C. The maximum Gasteiger partial charge on any atom is 0.509 e. The Balaban J connectivity index is 0.000000133. The first-order valence-corrected chi connectivity index (χ1v) is 44.9. The molecule has 0 bridgehead atoms. The van der Waals surface area contributed by atoms with Crippen molar-refractivity contribution in [3.8, 4) is 0 Å². The molecular formula is C98H127ClF2O21. The van der Waals surface area contributed by atoms with Gasteiger partial charge in [0, 0.05) is 67.5 Å². The van der Waals surface area contributed by atoms with E-state index in [-0.39, 0.29) is 140 Å². The van der Waals surface area contributed by atoms with Crippen molar-refractivity contribution in [2.75, 3.05) is 26.4 Å². The Morgan fingerprint density at radius 2 is 0.959 bits per heavy atom. The fraction of sp³-hybridized carbons (Fsp3) is 0.673. The molecule has 122 heavy (non-hydrogen) atoms. The third-order valence-electron chi connectivity index (χ3n) is 36.2. The Kier molecular flexibility index (Phi) is 23.4. The molecule has 8 N–H and O–H groups in total. The molecule has 0 saturated heterocycles. The second kappa shape index (κ2) is 31.2. The maximum absolute atomic E-state index is 16.9. The summed E-state index contributed by atoms with van der Waals surface area (Å²) < 4.78 is 61.4. The molecule has 21 nitrogen and oxygen atoms in total. The van der Waals surface area contributed by atoms with Crippen LogP contribution < -0.4 is 0 Å². The van der Waals surface area contributed by atoms with Gasteiger partial charge in [-0.2, -0.15) is 0 Å². The summed E-state index contributed by atoms with van der Waals surface area (Å²) in [6, 6.07) is 3.12. The molecule has 0 amide bonds. The number of halogens is 3. The molecule has 24 heteroatoms. The van der Waals surface area contributed by atoms with E-state index in [1.807, 2.05) is 60.6 Å². The summed E-state index contributed by atoms with van der Waals surface area (Å²) in [6.07, 6.45) is 25.3. The third-order valence-corrected chi connectivity index (χ3v) is 37.1. The van der Waals surface area contributed by atoms with Gasteiger partial charge >= 0.3 is 18.1 Å². The lowest BCUT2D eigenvalue weighted by Gasteiger charge is -2.64. The van der Waals surface area contributed by atoms with Crippen LogP contribution in [0.2, 0.25) is 0 Å². The van der Waals surface area contributed by atoms with E-state index in [4.69, 9.17) is 35.0 Å². The zero-order chi connectivity index (χ0) is 89.2. The molecule has 17 rings (SSSR count). The first-order chi connectivity index (χ1) is 57.1. The number of carbonyl (C=O) groups is 8. The van der Waals surface area contributed by atoms with Crippen LogP contribution in [0.4, 0.5) is 13.6 Å². The molecule has 12 saturated carbocycles. The third kappa shape index (κ3) is 12.4. The molecule has 1 heterocycles. The number of hydrogen-bond donors (Lipinski definition) is 8. The van der Waals surface area contributed by atoms with Gasteiger partial charge in [-0.15, -0.1) is 11.6 Å². The fourth-order valence-electron chi connectivity index (χ4n) is 30.0. The minimum Gasteiger partial charge on any atom is -0.463 e. The lowest BCUT2D eigenvalue weighted by atomic mass is 9.44. The topological polar surface area (TPSA) is 348 Å². The number of ether oxygens (including phenoxy) is 4. The van der Waals surface area contributed by atoms with Crippen LogP contribution in [0.3, 0.4) is 0 Å². The molecule has 16 aliphatic rings. The number of hydrogen-bond acceptors (Lipinski definition) is 21. The monoisotopic (exact) mass is 1710 g/mol. The first kappa shape index (κ1) is 91.3. The van der Waals surface area contributed by atoms with Gasteiger partial charge < -0.3 is 64.2 Å². The minimum absolute atomic E-state index is 0.00362. The molecule has 666 valence electrons. The number of aliphatic hydroxyl groups is 8. The van der Waals surface area contributed by atoms with Gasteiger partial charge in [-0.05, 0) is 263 Å². The van der Waals surface area contributed by atoms with Crippen LogP contribution >= 0.6 is 11.6 Å². The first-order valence-electron chi connectivity index (χ1n) is 44.5. The summed E-state index contributed by atoms with van der Waals surface area (Å²) in [7, 11) is 0. The van der Waals surface area contributed by atoms with Crippen molar-refractivity contribution < 1.29 is 111 Å². The van der Waals surface area contributed by atoms with Gasteiger partial charge in [-0.3, -0.25) is 24.0 Å². The number of fused-ring (bicyclic) bond motifs is 20. The van der Waals surface area contributed by atoms with Gasteiger partial charge in [0.25, 0.3) is 0 Å². The molecule has 0 radical (unpaired) electrons. The van der Waals surface area contributed by atoms with Crippen molar-refractivity contribution in [1.29, 1.82) is 0 Å². The second-order valence-corrected chi connectivity index (χ2v) is 41.3. The predicted molar refractivity (Wildman–Crippen MR) is 449 cm³/mol. The number of Topliss-reactive ketones (excluding diaryl/α,β-unsaturated/α-hetero) is 1. The van der Waals surface area contributed by atoms with Gasteiger partial charge in [0.1, 0.15) is 0 Å². The van der Waals surface area contributed by atoms with E-state index in [0.717, 1.165) is 35.1 Å². The van der Waals surface area contributed by atoms with E-state index in [1.54, 1.807) is 77.1 Å². The average Bonchev–Trinajstić information content (AvgIpc) is 1.33. The number of aliphatic hydroxyl groups excluding tert-OH is 6. The van der Waals surface area contributed by atoms with E-state index in [2.05, 4.69) is 20.1 Å². The van der Waals surface area contributed by atoms with Crippen molar-refractivity contribution in [3.63, 3.8) is 0 Å². The quantitative estimate of drug-likeness (QED) is 0.0417. The van der Waals surface area contributed by atoms with Gasteiger partial charge in [0.05, 0.1) is 73.2 Å². The summed E-state index contributed by atoms with van der Waals surface area (Å²) in [5.41, 5.74) is -11.3. The average molecular weight is 1710 g/mol. The normalized spacial score (nSPS) is 47.2. The van der Waals surface area contributed by atoms with Gasteiger partial charge in [0.2, 0.25) is 11.4 Å². The predicted octanol–water partition coefficient (Wildman–Crippen LogP) is 14.3. The number of rotatable bonds is 12. The fourth-order valence-corrected chi connectivity index (χ4v) is 30.5. The highest BCUT2D eigenvalue weighted by molar-refractivity contribution is 6.26. The number of furan rings is 1. The summed E-state index contributed by atoms with van der Waals surface area (Å²) in [6.45, 7) is 31.9. The van der Waals surface area contributed by atoms with Crippen molar-refractivity contribution in [1.82, 2.24) is 0 Å². The number of ketones is 5. The van der Waals surface area contributed by atoms with Crippen molar-refractivity contribution in [3.05, 3.63) is 144 Å². The van der Waals surface area contributed by atoms with Gasteiger partial charge in [-0.1, -0.05) is 122 Å². The molecule has 1 aromatic rings. The summed E-state index contributed by atoms with van der Waals surface area (Å²) >= 11 is 7.45. The van der Waals surface area contributed by atoms with Gasteiger partial charge in [-0.25, -0.2) is 23.2 Å². The number of allylic oxidation sites excluding steroid dienone is 16. The molecule has 0 spiro atoms. The van der Waals surface area contributed by atoms with Crippen molar-refractivity contribution in [2.45, 2.75) is 275 Å². The smallest absolute Gasteiger partial charge is 0.463 e. The van der Waals surface area contributed by atoms with Crippen LogP contribution in [0.25, 0.3) is 0 Å². The van der Waals surface area contributed by atoms with Crippen LogP contribution in [0.5, 0.6) is 0 Å². The zero-order valence-electron chi connectivity index (χ0n) is 73.0. The molecule has 0 aliphatic heterocycles. The van der Waals surface area contributed by atoms with E-state index in [1.165, 1.54) is 36.6 Å². The lowest BCUT2D eigenvalue weighted by molar-refractivity contribution is -0.214. The van der Waals surface area contributed by atoms with Gasteiger partial charge in [0.15, 0.2) is 45.9 Å². The molecular weight excluding hydrogens is 1590 g/mol. The van der Waals surface area contributed by atoms with Crippen LogP contribution in [0.1, 0.15) is 223 Å². The Bertz CT molecular complexity index is 4610. The van der Waals surface area contributed by atoms with E-state index < -0.39 is 136 Å². The standard InChI is InChI=1S/C27H31ClO6.C25H34O7.2C23H31FO4/c1-4-21(30)26(34-23(32)20-6-5-13-33-20)12-10-18-19-8-7-16-14-17(29)9-11-24(16,2)27(19,28)22(31)15-25(18,26)3;1-5-30-21(28)25(32-22(29)31-6-2)12-10-18-17-8-7-15-13-16(26)9-11-23(15,3)20(17)19(27)14-24(18,25)4;2*1-13-9-18-17-6-5-15-10-16(26)7-8-20(15,3)22(17,24)19(27)11-21(18,4)23(13,28)14(2)12-25/h5-6,9,11,13-14,18-19,22,31H,4,7-8,10,12,15H2,1-3H3;9,11,13,17-20,27H,5-8,10,12,14H2,1-4H3;2*7-8,10,13,17-19,25,27-28H,2,5-6,9,11-12H2,1,3-4H3/t18-,19-,22?,24-,25-,26+,27+;17-,18-,19?,20-,23-,24-,25+;13-,17+,18+,19-,20+,21+,22+,23+;13-,17-,18-,19+,20-,21-,22-,23-/m0010/s1. The maximum atomic E-state index is 16.9. The Labute approximate surface area is 719 Å². The highest BCUT2D eigenvalue weighted by atomic mass is 35.5. The summed E-state index contributed by atoms with van der Waals surface area (Å²) in [5, 5.41) is 88.3. The van der Waals surface area contributed by atoms with Crippen LogP contribution in [-0.2, 0) is 47.7 Å². The van der Waals surface area contributed by atoms with E-state index in [9.17, 15) is 79.2 Å². The summed E-state index contributed by atoms with van der Waals surface area (Å²) in [4.78, 5) is 98.9. The number of alkyl halides is 3. The minimum atomic E-state index is -1.90. The second-order valence-electron chi connectivity index (χ2n) is 40.7. The van der Waals surface area contributed by atoms with Crippen LogP contribution in [0.15, 0.2) is 142 Å². The van der Waals surface area contributed by atoms with Crippen LogP contribution in [0, 0.1) is 108 Å². The Morgan fingerprint density at radius 3 is 1.43 bits per heavy atom. The van der Waals surface area contributed by atoms with Crippen molar-refractivity contribution >= 4 is 58.6 Å². The molecule has 1 aromatic heterocycles. The number of carbonyl (C=O) groups excluding carboxylic acids is 8. The highest BCUT2D eigenvalue weighted by Crippen LogP contribution is 2.76. The Hall–Kier alpha value is -6.93. The lowest BCUT2D eigenvalue weighted by Crippen LogP contribution is -2.69. The van der Waals surface area contributed by atoms with Crippen molar-refractivity contribution in [2.24, 2.45) is 108 Å². The van der Waals surface area contributed by atoms with E-state index in [0.29, 0.717) is 94.6 Å². The largest absolute Gasteiger partial charge is 0.509 e. The molecule has 2 unspecified atom stereocenters. The van der Waals surface area contributed by atoms with E-state index >= 15 is 8.78 Å².